The van der Waals surface area contributed by atoms with Gasteiger partial charge in [0.15, 0.2) is 0 Å². The second kappa shape index (κ2) is 15.8. The first kappa shape index (κ1) is 34.1. The van der Waals surface area contributed by atoms with Gasteiger partial charge in [0.25, 0.3) is 0 Å². The highest BCUT2D eigenvalue weighted by Crippen LogP contribution is 2.34. The van der Waals surface area contributed by atoms with Crippen LogP contribution in [-0.2, 0) is 7.05 Å². The maximum Gasteiger partial charge on any atom is 0.335 e. The first-order chi connectivity index (χ1) is 20.1. The molecule has 5 rings (SSSR count). The number of carboxylic acid groups (broad SMARTS) is 1. The van der Waals surface area contributed by atoms with Crippen molar-refractivity contribution in [2.24, 2.45) is 7.05 Å². The molecule has 42 heavy (non-hydrogen) atoms. The molecular formula is C31H40F3N5O3. The Bertz CT molecular complexity index is 1500. The minimum absolute atomic E-state index is 0.0476. The largest absolute Gasteiger partial charge is 0.478 e. The lowest BCUT2D eigenvalue weighted by Crippen LogP contribution is -2.32. The van der Waals surface area contributed by atoms with Gasteiger partial charge in [-0.1, -0.05) is 40.2 Å². The van der Waals surface area contributed by atoms with Crippen molar-refractivity contribution in [3.05, 3.63) is 81.3 Å². The number of aryl methyl sites for hydroxylation is 1. The molecule has 0 bridgehead atoms. The number of hydrogen-bond donors (Lipinski definition) is 3. The van der Waals surface area contributed by atoms with E-state index in [1.807, 2.05) is 38.5 Å². The Morgan fingerprint density at radius 2 is 1.71 bits per heavy atom. The standard InChI is InChI=1S/C22H21F3N4O2.C4H5NO.C3H8.C2H6/c1-12(19-11-15-18(27-25)3-6-26-21(15)28(19)2)29-7-4-13(5-8-29)20-16(23)9-14(22(30)31)10-17(20)24;1-5-3-2-4(3)6;1-3-2;1-2/h3-4,6,9-12H,5,7-8H2,1-2H3,(H,26,27)(H,30,31);2,5H,1H3;3H2,1-2H3;1-2H3. The lowest BCUT2D eigenvalue weighted by Gasteiger charge is -2.32. The van der Waals surface area contributed by atoms with Crippen LogP contribution < -0.4 is 16.3 Å². The van der Waals surface area contributed by atoms with Crippen LogP contribution in [0.3, 0.4) is 0 Å². The maximum atomic E-state index is 14.4. The Balaban J connectivity index is 0.000000478. The van der Waals surface area contributed by atoms with Crippen molar-refractivity contribution >= 4 is 34.0 Å². The molecule has 0 aliphatic carbocycles. The molecule has 0 amide bonds. The van der Waals surface area contributed by atoms with Gasteiger partial charge in [-0.3, -0.25) is 9.69 Å². The number of hydrogen-bond acceptors (Lipinski definition) is 6. The van der Waals surface area contributed by atoms with Gasteiger partial charge in [-0.15, -0.1) is 4.48 Å². The molecule has 1 atom stereocenters. The topological polar surface area (TPSA) is 99.5 Å². The molecule has 4 aromatic rings. The first-order valence-electron chi connectivity index (χ1n) is 14.0. The Hall–Kier alpha value is -4.12. The quantitative estimate of drug-likeness (QED) is 0.207. The third kappa shape index (κ3) is 8.00. The smallest absolute Gasteiger partial charge is 0.335 e. The summed E-state index contributed by atoms with van der Waals surface area (Å²) in [7, 11) is 3.60. The zero-order valence-electron chi connectivity index (χ0n) is 25.2. The minimum atomic E-state index is -1.38. The molecule has 1 aliphatic heterocycles. The van der Waals surface area contributed by atoms with Crippen molar-refractivity contribution in [3.63, 3.8) is 0 Å². The summed E-state index contributed by atoms with van der Waals surface area (Å²) in [6, 6.07) is 6.64. The van der Waals surface area contributed by atoms with Crippen LogP contribution in [0.1, 0.15) is 75.1 Å². The molecule has 3 N–H and O–H groups in total. The Morgan fingerprint density at radius 1 is 1.12 bits per heavy atom. The lowest BCUT2D eigenvalue weighted by molar-refractivity contribution is 0.0695. The number of pyridine rings is 1. The van der Waals surface area contributed by atoms with Crippen molar-refractivity contribution in [1.29, 1.82) is 0 Å². The molecule has 1 unspecified atom stereocenters. The molecule has 3 heterocycles. The van der Waals surface area contributed by atoms with E-state index in [-0.39, 0.29) is 17.0 Å². The van der Waals surface area contributed by atoms with Crippen LogP contribution in [0.15, 0.2) is 47.4 Å². The molecule has 228 valence electrons. The molecule has 0 saturated carbocycles. The van der Waals surface area contributed by atoms with E-state index >= 15 is 0 Å². The zero-order valence-corrected chi connectivity index (χ0v) is 25.2. The Morgan fingerprint density at radius 3 is 2.14 bits per heavy atom. The van der Waals surface area contributed by atoms with E-state index in [0.717, 1.165) is 23.5 Å². The maximum absolute atomic E-state index is 14.4. The van der Waals surface area contributed by atoms with Gasteiger partial charge in [-0.25, -0.2) is 24.1 Å². The van der Waals surface area contributed by atoms with E-state index in [1.165, 1.54) is 12.6 Å². The number of anilines is 2. The number of rotatable bonds is 6. The SMILES string of the molecule is CC.CC(c1cc2c(NF)ccnc2n1C)N1CC=C(c2c(F)cc(C(=O)O)cc2F)CC1.CCC.CNc1cc1=O. The van der Waals surface area contributed by atoms with Crippen LogP contribution in [0.2, 0.25) is 0 Å². The summed E-state index contributed by atoms with van der Waals surface area (Å²) in [5, 5.41) is 12.3. The van der Waals surface area contributed by atoms with E-state index in [0.29, 0.717) is 41.8 Å². The number of aromatic nitrogens is 2. The number of nitrogens with one attached hydrogen (secondary N) is 2. The minimum Gasteiger partial charge on any atom is -0.478 e. The van der Waals surface area contributed by atoms with Crippen molar-refractivity contribution in [2.75, 3.05) is 31.0 Å². The summed E-state index contributed by atoms with van der Waals surface area (Å²) in [5.41, 5.74) is 4.42. The normalized spacial score (nSPS) is 13.5. The van der Waals surface area contributed by atoms with Crippen molar-refractivity contribution in [1.82, 2.24) is 14.5 Å². The summed E-state index contributed by atoms with van der Waals surface area (Å²) in [5.74, 6) is -3.13. The van der Waals surface area contributed by atoms with E-state index in [4.69, 9.17) is 5.11 Å². The summed E-state index contributed by atoms with van der Waals surface area (Å²) in [4.78, 5) is 27.4. The fraction of sp³-hybridized carbons (Fsp3) is 0.387. The highest BCUT2D eigenvalue weighted by atomic mass is 19.2. The highest BCUT2D eigenvalue weighted by molar-refractivity contribution is 5.90. The van der Waals surface area contributed by atoms with E-state index < -0.39 is 23.2 Å². The van der Waals surface area contributed by atoms with Crippen LogP contribution in [0.4, 0.5) is 24.6 Å². The van der Waals surface area contributed by atoms with Gasteiger partial charge in [0.1, 0.15) is 17.3 Å². The third-order valence-corrected chi connectivity index (χ3v) is 6.62. The Kier molecular flexibility index (Phi) is 12.8. The predicted molar refractivity (Wildman–Crippen MR) is 163 cm³/mol. The van der Waals surface area contributed by atoms with Crippen LogP contribution in [0.25, 0.3) is 16.6 Å². The molecule has 0 spiro atoms. The number of halogens is 3. The van der Waals surface area contributed by atoms with Gasteiger partial charge in [0.2, 0.25) is 5.43 Å². The van der Waals surface area contributed by atoms with Crippen LogP contribution >= 0.6 is 0 Å². The second-order valence-corrected chi connectivity index (χ2v) is 9.47. The molecule has 8 nitrogen and oxygen atoms in total. The second-order valence-electron chi connectivity index (χ2n) is 9.47. The first-order valence-corrected chi connectivity index (χ1v) is 14.0. The van der Waals surface area contributed by atoms with Gasteiger partial charge in [0.05, 0.1) is 16.9 Å². The van der Waals surface area contributed by atoms with Crippen LogP contribution in [0.5, 0.6) is 0 Å². The fourth-order valence-corrected chi connectivity index (χ4v) is 4.47. The van der Waals surface area contributed by atoms with E-state index in [9.17, 15) is 22.9 Å². The molecular weight excluding hydrogens is 547 g/mol. The number of carbonyl (C=O) groups is 1. The van der Waals surface area contributed by atoms with Gasteiger partial charge >= 0.3 is 5.97 Å². The van der Waals surface area contributed by atoms with Crippen molar-refractivity contribution in [3.8, 4) is 0 Å². The van der Waals surface area contributed by atoms with E-state index in [2.05, 4.69) is 29.0 Å². The average molecular weight is 588 g/mol. The zero-order chi connectivity index (χ0) is 31.6. The molecule has 0 fully saturated rings. The fourth-order valence-electron chi connectivity index (χ4n) is 4.47. The number of carboxylic acids is 1. The number of aromatic carboxylic acids is 1. The van der Waals surface area contributed by atoms with E-state index in [1.54, 1.807) is 30.8 Å². The molecule has 1 aliphatic rings. The van der Waals surface area contributed by atoms with Crippen LogP contribution in [-0.4, -0.2) is 45.7 Å². The average Bonchev–Trinajstić information content (AvgIpc) is 3.61. The number of nitrogens with zero attached hydrogens (tertiary/aromatic N) is 3. The molecule has 0 saturated heterocycles. The molecule has 11 heteroatoms. The van der Waals surface area contributed by atoms with Crippen LogP contribution in [0, 0.1) is 11.6 Å². The Labute approximate surface area is 244 Å². The monoisotopic (exact) mass is 587 g/mol. The van der Waals surface area contributed by atoms with Gasteiger partial charge in [0, 0.05) is 62.1 Å². The summed E-state index contributed by atoms with van der Waals surface area (Å²) in [6.07, 6.45) is 4.95. The number of benzene rings is 1. The molecule has 2 aromatic carbocycles. The third-order valence-electron chi connectivity index (χ3n) is 6.62. The summed E-state index contributed by atoms with van der Waals surface area (Å²) in [6.45, 7) is 11.3. The van der Waals surface area contributed by atoms with Gasteiger partial charge in [-0.2, -0.15) is 0 Å². The highest BCUT2D eigenvalue weighted by Gasteiger charge is 2.25. The molecule has 0 radical (unpaired) electrons. The van der Waals surface area contributed by atoms with Gasteiger partial charge in [-0.05, 0) is 43.2 Å². The van der Waals surface area contributed by atoms with Gasteiger partial charge < -0.3 is 15.0 Å². The summed E-state index contributed by atoms with van der Waals surface area (Å²) < 4.78 is 43.8. The number of fused-ring (bicyclic) bond motifs is 1. The lowest BCUT2D eigenvalue weighted by atomic mass is 9.96. The summed E-state index contributed by atoms with van der Waals surface area (Å²) >= 11 is 0. The van der Waals surface area contributed by atoms with Crippen molar-refractivity contribution in [2.45, 2.75) is 53.5 Å². The molecule has 2 aromatic heterocycles. The van der Waals surface area contributed by atoms with Crippen molar-refractivity contribution < 1.29 is 23.2 Å². The predicted octanol–water partition coefficient (Wildman–Crippen LogP) is 7.10.